The summed E-state index contributed by atoms with van der Waals surface area (Å²) in [5, 5.41) is 0.790. The van der Waals surface area contributed by atoms with Crippen LogP contribution in [-0.2, 0) is 6.54 Å². The van der Waals surface area contributed by atoms with E-state index in [1.165, 1.54) is 5.75 Å². The lowest BCUT2D eigenvalue weighted by atomic mass is 10.4. The first-order valence-electron chi connectivity index (χ1n) is 4.45. The van der Waals surface area contributed by atoms with Gasteiger partial charge >= 0.3 is 0 Å². The lowest BCUT2D eigenvalue weighted by Gasteiger charge is -2.22. The predicted octanol–water partition coefficient (Wildman–Crippen LogP) is 2.47. The average Bonchev–Trinajstić information content (AvgIpc) is 2.62. The van der Waals surface area contributed by atoms with Gasteiger partial charge in [-0.25, -0.2) is 4.98 Å². The fraction of sp³-hybridized carbons (Fsp3) is 0.667. The molecule has 2 nitrogen and oxygen atoms in total. The topological polar surface area (TPSA) is 17.8 Å². The van der Waals surface area contributed by atoms with E-state index >= 15 is 0 Å². The summed E-state index contributed by atoms with van der Waals surface area (Å²) in [6, 6.07) is 0. The van der Waals surface area contributed by atoms with Gasteiger partial charge in [0.25, 0.3) is 0 Å². The van der Waals surface area contributed by atoms with Crippen LogP contribution in [0.1, 0.15) is 13.8 Å². The van der Waals surface area contributed by atoms with Gasteiger partial charge in [0.2, 0.25) is 0 Å². The molecule has 0 spiro atoms. The number of nitrogens with zero attached hydrogens (tertiary/aromatic N) is 2. The molecule has 2 unspecified atom stereocenters. The fourth-order valence-corrected chi connectivity index (χ4v) is 4.93. The quantitative estimate of drug-likeness (QED) is 0.753. The Morgan fingerprint density at radius 3 is 3.08 bits per heavy atom. The van der Waals surface area contributed by atoms with Crippen molar-refractivity contribution in [3.63, 3.8) is 0 Å². The van der Waals surface area contributed by atoms with Crippen molar-refractivity contribution in [3.8, 4) is 0 Å². The third kappa shape index (κ3) is 2.23. The lowest BCUT2D eigenvalue weighted by Crippen LogP contribution is -2.19. The van der Waals surface area contributed by atoms with Crippen LogP contribution in [0.25, 0.3) is 0 Å². The van der Waals surface area contributed by atoms with Gasteiger partial charge in [0.05, 0.1) is 10.4 Å². The van der Waals surface area contributed by atoms with Crippen molar-refractivity contribution < 1.29 is 0 Å². The zero-order valence-corrected chi connectivity index (χ0v) is 9.57. The highest BCUT2D eigenvalue weighted by molar-refractivity contribution is 8.21. The zero-order chi connectivity index (χ0) is 9.31. The molecule has 0 radical (unpaired) electrons. The van der Waals surface area contributed by atoms with E-state index < -0.39 is 0 Å². The van der Waals surface area contributed by atoms with E-state index in [1.54, 1.807) is 0 Å². The summed E-state index contributed by atoms with van der Waals surface area (Å²) in [6.45, 7) is 5.69. The number of imidazole rings is 1. The van der Waals surface area contributed by atoms with Crippen LogP contribution < -0.4 is 0 Å². The standard InChI is InChI=1S/C9H14N2S2/c1-8-5-12-9(2,13-8)6-11-4-3-10-7-11/h3-4,7-8H,5-6H2,1-2H3. The second-order valence-corrected chi connectivity index (χ2v) is 7.33. The lowest BCUT2D eigenvalue weighted by molar-refractivity contribution is 0.663. The summed E-state index contributed by atoms with van der Waals surface area (Å²) in [7, 11) is 0. The normalized spacial score (nSPS) is 33.8. The first-order valence-corrected chi connectivity index (χ1v) is 6.32. The minimum atomic E-state index is 0.347. The van der Waals surface area contributed by atoms with Crippen molar-refractivity contribution in [2.75, 3.05) is 5.75 Å². The molecule has 0 saturated carbocycles. The molecule has 4 heteroatoms. The van der Waals surface area contributed by atoms with E-state index in [9.17, 15) is 0 Å². The minimum Gasteiger partial charge on any atom is -0.335 e. The van der Waals surface area contributed by atoms with Crippen LogP contribution in [0.4, 0.5) is 0 Å². The zero-order valence-electron chi connectivity index (χ0n) is 7.93. The largest absolute Gasteiger partial charge is 0.335 e. The van der Waals surface area contributed by atoms with E-state index in [0.717, 1.165) is 11.8 Å². The van der Waals surface area contributed by atoms with Crippen LogP contribution in [0.3, 0.4) is 0 Å². The maximum absolute atomic E-state index is 4.06. The Labute approximate surface area is 87.5 Å². The molecular weight excluding hydrogens is 200 g/mol. The molecule has 1 aliphatic heterocycles. The molecule has 2 heterocycles. The summed E-state index contributed by atoms with van der Waals surface area (Å²) in [5.74, 6) is 1.27. The third-order valence-corrected chi connectivity index (χ3v) is 5.56. The molecule has 72 valence electrons. The van der Waals surface area contributed by atoms with Gasteiger partial charge in [-0.3, -0.25) is 0 Å². The molecular formula is C9H14N2S2. The maximum atomic E-state index is 4.06. The molecule has 1 aromatic rings. The Bertz CT molecular complexity index is 273. The second kappa shape index (κ2) is 3.58. The van der Waals surface area contributed by atoms with Crippen molar-refractivity contribution in [1.29, 1.82) is 0 Å². The highest BCUT2D eigenvalue weighted by Crippen LogP contribution is 2.48. The highest BCUT2D eigenvalue weighted by atomic mass is 32.2. The van der Waals surface area contributed by atoms with E-state index in [1.807, 2.05) is 18.7 Å². The summed E-state index contributed by atoms with van der Waals surface area (Å²) in [4.78, 5) is 4.06. The highest BCUT2D eigenvalue weighted by Gasteiger charge is 2.34. The van der Waals surface area contributed by atoms with E-state index in [4.69, 9.17) is 0 Å². The Morgan fingerprint density at radius 2 is 2.54 bits per heavy atom. The van der Waals surface area contributed by atoms with Gasteiger partial charge in [-0.2, -0.15) is 0 Å². The molecule has 2 rings (SSSR count). The van der Waals surface area contributed by atoms with Crippen molar-refractivity contribution >= 4 is 23.5 Å². The van der Waals surface area contributed by atoms with Gasteiger partial charge < -0.3 is 4.57 Å². The van der Waals surface area contributed by atoms with Gasteiger partial charge in [0.1, 0.15) is 0 Å². The number of aromatic nitrogens is 2. The number of hydrogen-bond acceptors (Lipinski definition) is 3. The predicted molar refractivity (Wildman–Crippen MR) is 60.1 cm³/mol. The molecule has 13 heavy (non-hydrogen) atoms. The number of hydrogen-bond donors (Lipinski definition) is 0. The Kier molecular flexibility index (Phi) is 2.60. The van der Waals surface area contributed by atoms with Crippen LogP contribution in [-0.4, -0.2) is 24.6 Å². The summed E-state index contributed by atoms with van der Waals surface area (Å²) >= 11 is 4.15. The van der Waals surface area contributed by atoms with Crippen LogP contribution in [0, 0.1) is 0 Å². The summed E-state index contributed by atoms with van der Waals surface area (Å²) < 4.78 is 2.51. The second-order valence-electron chi connectivity index (χ2n) is 3.61. The van der Waals surface area contributed by atoms with Crippen LogP contribution in [0.2, 0.25) is 0 Å². The molecule has 1 aromatic heterocycles. The smallest absolute Gasteiger partial charge is 0.0946 e. The monoisotopic (exact) mass is 214 g/mol. The molecule has 0 amide bonds. The Hall–Kier alpha value is -0.0900. The van der Waals surface area contributed by atoms with Crippen molar-refractivity contribution in [2.45, 2.75) is 29.7 Å². The van der Waals surface area contributed by atoms with Gasteiger partial charge in [0, 0.05) is 29.9 Å². The van der Waals surface area contributed by atoms with Crippen molar-refractivity contribution in [3.05, 3.63) is 18.7 Å². The van der Waals surface area contributed by atoms with E-state index in [0.29, 0.717) is 4.08 Å². The van der Waals surface area contributed by atoms with Gasteiger partial charge in [-0.1, -0.05) is 6.92 Å². The van der Waals surface area contributed by atoms with E-state index in [2.05, 4.69) is 46.9 Å². The van der Waals surface area contributed by atoms with E-state index in [-0.39, 0.29) is 0 Å². The summed E-state index contributed by atoms with van der Waals surface area (Å²) in [6.07, 6.45) is 5.78. The molecule has 0 N–H and O–H groups in total. The molecule has 0 aliphatic carbocycles. The average molecular weight is 214 g/mol. The third-order valence-electron chi connectivity index (χ3n) is 2.10. The summed E-state index contributed by atoms with van der Waals surface area (Å²) in [5.41, 5.74) is 0. The van der Waals surface area contributed by atoms with Crippen LogP contribution in [0.15, 0.2) is 18.7 Å². The Morgan fingerprint density at radius 1 is 1.69 bits per heavy atom. The van der Waals surface area contributed by atoms with Crippen LogP contribution in [0.5, 0.6) is 0 Å². The van der Waals surface area contributed by atoms with Gasteiger partial charge in [-0.05, 0) is 6.92 Å². The molecule has 2 atom stereocenters. The number of thioether (sulfide) groups is 2. The number of rotatable bonds is 2. The molecule has 1 aliphatic rings. The SMILES string of the molecule is CC1CSC(C)(Cn2ccnc2)S1. The molecule has 0 bridgehead atoms. The first-order chi connectivity index (χ1) is 6.18. The first kappa shape index (κ1) is 9.46. The van der Waals surface area contributed by atoms with Gasteiger partial charge in [0.15, 0.2) is 0 Å². The maximum Gasteiger partial charge on any atom is 0.0946 e. The van der Waals surface area contributed by atoms with Crippen molar-refractivity contribution in [1.82, 2.24) is 9.55 Å². The molecule has 1 saturated heterocycles. The van der Waals surface area contributed by atoms with Crippen molar-refractivity contribution in [2.24, 2.45) is 0 Å². The van der Waals surface area contributed by atoms with Crippen LogP contribution >= 0.6 is 23.5 Å². The fourth-order valence-electron chi connectivity index (χ4n) is 1.58. The molecule has 1 fully saturated rings. The van der Waals surface area contributed by atoms with Gasteiger partial charge in [-0.15, -0.1) is 23.5 Å². The minimum absolute atomic E-state index is 0.347. The Balaban J connectivity index is 2.01. The molecule has 0 aromatic carbocycles.